The maximum absolute atomic E-state index is 12.6. The Morgan fingerprint density at radius 1 is 1.33 bits per heavy atom. The van der Waals surface area contributed by atoms with Gasteiger partial charge in [0.05, 0.1) is 5.56 Å². The molecule has 0 aliphatic carbocycles. The largest absolute Gasteiger partial charge is 0.483 e. The highest BCUT2D eigenvalue weighted by molar-refractivity contribution is 5.43. The Labute approximate surface area is 82.7 Å². The molecule has 0 bridgehead atoms. The van der Waals surface area contributed by atoms with Crippen molar-refractivity contribution in [3.05, 3.63) is 29.6 Å². The molecule has 1 rings (SSSR count). The van der Waals surface area contributed by atoms with Crippen LogP contribution in [0.5, 0.6) is 5.75 Å². The third-order valence-corrected chi connectivity index (χ3v) is 1.45. The lowest BCUT2D eigenvalue weighted by Gasteiger charge is -2.09. The molecule has 0 aliphatic rings. The zero-order valence-corrected chi connectivity index (χ0v) is 7.31. The monoisotopic (exact) mass is 219 g/mol. The first-order valence-electron chi connectivity index (χ1n) is 3.81. The normalized spacial score (nSPS) is 10.9. The van der Waals surface area contributed by atoms with Crippen molar-refractivity contribution in [1.82, 2.24) is 0 Å². The summed E-state index contributed by atoms with van der Waals surface area (Å²) in [7, 11) is 0. The maximum Gasteiger partial charge on any atom is 0.422 e. The molecule has 0 saturated heterocycles. The number of hydrogen-bond donors (Lipinski definition) is 0. The summed E-state index contributed by atoms with van der Waals surface area (Å²) in [5, 5.41) is 8.49. The SMILES string of the molecule is N#Cc1cc(F)ccc1OCC(F)(F)F. The summed E-state index contributed by atoms with van der Waals surface area (Å²) >= 11 is 0. The van der Waals surface area contributed by atoms with E-state index in [1.165, 1.54) is 0 Å². The zero-order chi connectivity index (χ0) is 11.5. The van der Waals surface area contributed by atoms with Gasteiger partial charge < -0.3 is 4.74 Å². The van der Waals surface area contributed by atoms with E-state index in [0.29, 0.717) is 0 Å². The minimum absolute atomic E-state index is 0.265. The van der Waals surface area contributed by atoms with Crippen molar-refractivity contribution in [1.29, 1.82) is 5.26 Å². The number of alkyl halides is 3. The molecule has 2 nitrogen and oxygen atoms in total. The molecule has 1 aromatic rings. The van der Waals surface area contributed by atoms with E-state index in [1.807, 2.05) is 0 Å². The summed E-state index contributed by atoms with van der Waals surface area (Å²) in [5.41, 5.74) is -0.265. The number of halogens is 4. The van der Waals surface area contributed by atoms with Gasteiger partial charge in [-0.1, -0.05) is 0 Å². The second-order valence-electron chi connectivity index (χ2n) is 2.66. The summed E-state index contributed by atoms with van der Waals surface area (Å²) in [4.78, 5) is 0. The number of hydrogen-bond acceptors (Lipinski definition) is 2. The van der Waals surface area contributed by atoms with Crippen molar-refractivity contribution in [2.75, 3.05) is 6.61 Å². The molecular weight excluding hydrogens is 214 g/mol. The molecule has 0 aromatic heterocycles. The Morgan fingerprint density at radius 3 is 2.53 bits per heavy atom. The standard InChI is InChI=1S/C9H5F4NO/c10-7-1-2-8(6(3-7)4-14)15-5-9(11,12)13/h1-3H,5H2. The van der Waals surface area contributed by atoms with Crippen molar-refractivity contribution in [2.45, 2.75) is 6.18 Å². The number of benzene rings is 1. The lowest BCUT2D eigenvalue weighted by Crippen LogP contribution is -2.19. The average molecular weight is 219 g/mol. The van der Waals surface area contributed by atoms with Gasteiger partial charge in [-0.25, -0.2) is 4.39 Å². The fraction of sp³-hybridized carbons (Fsp3) is 0.222. The quantitative estimate of drug-likeness (QED) is 0.716. The van der Waals surface area contributed by atoms with Crippen molar-refractivity contribution in [3.63, 3.8) is 0 Å². The summed E-state index contributed by atoms with van der Waals surface area (Å²) < 4.78 is 52.2. The molecule has 80 valence electrons. The van der Waals surface area contributed by atoms with Crippen molar-refractivity contribution in [2.24, 2.45) is 0 Å². The van der Waals surface area contributed by atoms with Crippen LogP contribution in [0.3, 0.4) is 0 Å². The molecule has 0 amide bonds. The molecule has 0 atom stereocenters. The van der Waals surface area contributed by atoms with Gasteiger partial charge in [-0.3, -0.25) is 0 Å². The smallest absolute Gasteiger partial charge is 0.422 e. The zero-order valence-electron chi connectivity index (χ0n) is 7.31. The van der Waals surface area contributed by atoms with Crippen LogP contribution in [0.4, 0.5) is 17.6 Å². The lowest BCUT2D eigenvalue weighted by molar-refractivity contribution is -0.153. The third-order valence-electron chi connectivity index (χ3n) is 1.45. The maximum atomic E-state index is 12.6. The molecule has 6 heteroatoms. The molecule has 0 heterocycles. The van der Waals surface area contributed by atoms with Crippen LogP contribution in [0.15, 0.2) is 18.2 Å². The van der Waals surface area contributed by atoms with E-state index in [2.05, 4.69) is 4.74 Å². The second kappa shape index (κ2) is 4.17. The van der Waals surface area contributed by atoms with Crippen molar-refractivity contribution >= 4 is 0 Å². The fourth-order valence-corrected chi connectivity index (χ4v) is 0.875. The Bertz CT molecular complexity index is 394. The first-order chi connectivity index (χ1) is 6.92. The molecule has 0 aliphatic heterocycles. The van der Waals surface area contributed by atoms with Gasteiger partial charge in [0, 0.05) is 0 Å². The molecule has 0 fully saturated rings. The van der Waals surface area contributed by atoms with Gasteiger partial charge in [-0.2, -0.15) is 18.4 Å². The Hall–Kier alpha value is -1.77. The first kappa shape index (κ1) is 11.3. The average Bonchev–Trinajstić information content (AvgIpc) is 2.14. The Morgan fingerprint density at radius 2 is 2.00 bits per heavy atom. The highest BCUT2D eigenvalue weighted by atomic mass is 19.4. The summed E-state index contributed by atoms with van der Waals surface area (Å²) in [5.74, 6) is -0.984. The van der Waals surface area contributed by atoms with Gasteiger partial charge in [-0.15, -0.1) is 0 Å². The molecule has 1 aromatic carbocycles. The Balaban J connectivity index is 2.82. The topological polar surface area (TPSA) is 33.0 Å². The van der Waals surface area contributed by atoms with E-state index in [9.17, 15) is 17.6 Å². The summed E-state index contributed by atoms with van der Waals surface area (Å²) in [6.45, 7) is -1.51. The molecule has 0 N–H and O–H groups in total. The van der Waals surface area contributed by atoms with Crippen LogP contribution in [0, 0.1) is 17.1 Å². The predicted molar refractivity (Wildman–Crippen MR) is 42.7 cm³/mol. The van der Waals surface area contributed by atoms with Gasteiger partial charge in [0.2, 0.25) is 0 Å². The summed E-state index contributed by atoms with van der Waals surface area (Å²) in [6, 6.07) is 4.26. The highest BCUT2D eigenvalue weighted by Crippen LogP contribution is 2.22. The van der Waals surface area contributed by atoms with Crippen molar-refractivity contribution < 1.29 is 22.3 Å². The summed E-state index contributed by atoms with van der Waals surface area (Å²) in [6.07, 6.45) is -4.49. The number of ether oxygens (including phenoxy) is 1. The minimum Gasteiger partial charge on any atom is -0.483 e. The van der Waals surface area contributed by atoms with Gasteiger partial charge in [0.15, 0.2) is 6.61 Å². The van der Waals surface area contributed by atoms with Crippen LogP contribution in [0.1, 0.15) is 5.56 Å². The molecule has 0 unspecified atom stereocenters. The molecule has 15 heavy (non-hydrogen) atoms. The Kier molecular flexibility index (Phi) is 3.14. The number of rotatable bonds is 2. The van der Waals surface area contributed by atoms with E-state index in [4.69, 9.17) is 5.26 Å². The van der Waals surface area contributed by atoms with E-state index < -0.39 is 18.6 Å². The van der Waals surface area contributed by atoms with Crippen LogP contribution in [-0.4, -0.2) is 12.8 Å². The molecule has 0 saturated carbocycles. The number of nitriles is 1. The van der Waals surface area contributed by atoms with E-state index >= 15 is 0 Å². The van der Waals surface area contributed by atoms with Crippen LogP contribution in [0.2, 0.25) is 0 Å². The van der Waals surface area contributed by atoms with Crippen LogP contribution < -0.4 is 4.74 Å². The van der Waals surface area contributed by atoms with E-state index in [1.54, 1.807) is 6.07 Å². The molecular formula is C9H5F4NO. The van der Waals surface area contributed by atoms with Gasteiger partial charge in [-0.05, 0) is 18.2 Å². The first-order valence-corrected chi connectivity index (χ1v) is 3.81. The van der Waals surface area contributed by atoms with Gasteiger partial charge >= 0.3 is 6.18 Å². The lowest BCUT2D eigenvalue weighted by atomic mass is 10.2. The highest BCUT2D eigenvalue weighted by Gasteiger charge is 2.28. The predicted octanol–water partition coefficient (Wildman–Crippen LogP) is 2.64. The second-order valence-corrected chi connectivity index (χ2v) is 2.66. The van der Waals surface area contributed by atoms with E-state index in [0.717, 1.165) is 18.2 Å². The van der Waals surface area contributed by atoms with Crippen molar-refractivity contribution in [3.8, 4) is 11.8 Å². The van der Waals surface area contributed by atoms with Gasteiger partial charge in [0.25, 0.3) is 0 Å². The number of nitrogens with zero attached hydrogens (tertiary/aromatic N) is 1. The fourth-order valence-electron chi connectivity index (χ4n) is 0.875. The molecule has 0 spiro atoms. The third kappa shape index (κ3) is 3.46. The van der Waals surface area contributed by atoms with E-state index in [-0.39, 0.29) is 11.3 Å². The van der Waals surface area contributed by atoms with Crippen LogP contribution in [0.25, 0.3) is 0 Å². The minimum atomic E-state index is -4.49. The van der Waals surface area contributed by atoms with Gasteiger partial charge in [0.1, 0.15) is 17.6 Å². The van der Waals surface area contributed by atoms with Crippen LogP contribution >= 0.6 is 0 Å². The molecule has 0 radical (unpaired) electrons. The van der Waals surface area contributed by atoms with Crippen LogP contribution in [-0.2, 0) is 0 Å².